The van der Waals surface area contributed by atoms with Gasteiger partial charge in [-0.2, -0.15) is 0 Å². The van der Waals surface area contributed by atoms with Gasteiger partial charge in [-0.15, -0.1) is 0 Å². The highest BCUT2D eigenvalue weighted by Crippen LogP contribution is 2.26. The second kappa shape index (κ2) is 7.55. The lowest BCUT2D eigenvalue weighted by Gasteiger charge is -2.35. The Morgan fingerprint density at radius 3 is 2.21 bits per heavy atom. The number of methoxy groups -OCH3 is 1. The molecule has 1 aliphatic rings. The summed E-state index contributed by atoms with van der Waals surface area (Å²) in [7, 11) is 1.59. The number of aryl methyl sites for hydroxylation is 2. The van der Waals surface area contributed by atoms with Gasteiger partial charge in [-0.1, -0.05) is 6.07 Å². The van der Waals surface area contributed by atoms with Crippen molar-refractivity contribution in [2.75, 3.05) is 33.3 Å². The van der Waals surface area contributed by atoms with E-state index in [0.29, 0.717) is 37.5 Å². The molecule has 0 saturated carbocycles. The van der Waals surface area contributed by atoms with Crippen LogP contribution >= 0.6 is 0 Å². The molecular formula is C18H27N3O3. The van der Waals surface area contributed by atoms with Crippen molar-refractivity contribution >= 4 is 11.9 Å². The fourth-order valence-corrected chi connectivity index (χ4v) is 3.01. The van der Waals surface area contributed by atoms with Gasteiger partial charge in [0.05, 0.1) is 12.7 Å². The highest BCUT2D eigenvalue weighted by molar-refractivity contribution is 5.97. The van der Waals surface area contributed by atoms with Gasteiger partial charge in [-0.3, -0.25) is 4.79 Å². The van der Waals surface area contributed by atoms with Gasteiger partial charge < -0.3 is 19.9 Å². The lowest BCUT2D eigenvalue weighted by Crippen LogP contribution is -2.54. The van der Waals surface area contributed by atoms with Crippen LogP contribution in [0, 0.1) is 13.8 Å². The number of carbonyl (C=O) groups excluding carboxylic acids is 2. The Morgan fingerprint density at radius 2 is 1.67 bits per heavy atom. The number of nitrogens with zero attached hydrogens (tertiary/aromatic N) is 2. The SMILES string of the molecule is COc1c(C)cc(C)cc1C(=O)N1CCN(C(=O)NC(C)C)CC1. The molecule has 1 fully saturated rings. The van der Waals surface area contributed by atoms with Gasteiger partial charge in [0, 0.05) is 32.2 Å². The van der Waals surface area contributed by atoms with Crippen LogP contribution in [0.4, 0.5) is 4.79 Å². The standard InChI is InChI=1S/C18H27N3O3/c1-12(2)19-18(23)21-8-6-20(7-9-21)17(22)15-11-13(3)10-14(4)16(15)24-5/h10-12H,6-9H2,1-5H3,(H,19,23). The van der Waals surface area contributed by atoms with E-state index in [0.717, 1.165) is 11.1 Å². The number of benzene rings is 1. The average molecular weight is 333 g/mol. The lowest BCUT2D eigenvalue weighted by atomic mass is 10.0. The zero-order valence-electron chi connectivity index (χ0n) is 15.2. The first-order valence-corrected chi connectivity index (χ1v) is 8.33. The van der Waals surface area contributed by atoms with Gasteiger partial charge in [0.15, 0.2) is 0 Å². The molecule has 0 atom stereocenters. The number of ether oxygens (including phenoxy) is 1. The third-order valence-corrected chi connectivity index (χ3v) is 4.12. The minimum Gasteiger partial charge on any atom is -0.496 e. The summed E-state index contributed by atoms with van der Waals surface area (Å²) in [5.74, 6) is 0.591. The van der Waals surface area contributed by atoms with Crippen LogP contribution in [0.15, 0.2) is 12.1 Å². The molecule has 1 aliphatic heterocycles. The Hall–Kier alpha value is -2.24. The molecule has 0 unspecified atom stereocenters. The van der Waals surface area contributed by atoms with Gasteiger partial charge in [0.25, 0.3) is 5.91 Å². The Labute approximate surface area is 143 Å². The molecule has 0 spiro atoms. The van der Waals surface area contributed by atoms with Gasteiger partial charge in [-0.25, -0.2) is 4.79 Å². The van der Waals surface area contributed by atoms with Crippen LogP contribution in [-0.4, -0.2) is 61.1 Å². The lowest BCUT2D eigenvalue weighted by molar-refractivity contribution is 0.0660. The first-order valence-electron chi connectivity index (χ1n) is 8.33. The van der Waals surface area contributed by atoms with Crippen molar-refractivity contribution in [3.63, 3.8) is 0 Å². The molecule has 6 nitrogen and oxygen atoms in total. The predicted octanol–water partition coefficient (Wildman–Crippen LogP) is 2.19. The van der Waals surface area contributed by atoms with Crippen molar-refractivity contribution in [1.29, 1.82) is 0 Å². The average Bonchev–Trinajstić information content (AvgIpc) is 2.53. The number of hydrogen-bond acceptors (Lipinski definition) is 3. The number of amides is 3. The minimum atomic E-state index is -0.0684. The summed E-state index contributed by atoms with van der Waals surface area (Å²) in [6.07, 6.45) is 0. The maximum atomic E-state index is 12.9. The van der Waals surface area contributed by atoms with Crippen molar-refractivity contribution in [3.8, 4) is 5.75 Å². The summed E-state index contributed by atoms with van der Waals surface area (Å²) in [5.41, 5.74) is 2.58. The number of hydrogen-bond donors (Lipinski definition) is 1. The maximum absolute atomic E-state index is 12.9. The van der Waals surface area contributed by atoms with E-state index in [4.69, 9.17) is 4.74 Å². The Balaban J connectivity index is 2.07. The molecule has 132 valence electrons. The molecule has 0 aliphatic carbocycles. The molecule has 2 rings (SSSR count). The Bertz CT molecular complexity index is 620. The van der Waals surface area contributed by atoms with Crippen molar-refractivity contribution in [2.45, 2.75) is 33.7 Å². The van der Waals surface area contributed by atoms with Crippen LogP contribution < -0.4 is 10.1 Å². The molecule has 1 N–H and O–H groups in total. The fourth-order valence-electron chi connectivity index (χ4n) is 3.01. The van der Waals surface area contributed by atoms with E-state index in [9.17, 15) is 9.59 Å². The van der Waals surface area contributed by atoms with Gasteiger partial charge >= 0.3 is 6.03 Å². The van der Waals surface area contributed by atoms with Crippen LogP contribution in [0.2, 0.25) is 0 Å². The zero-order valence-corrected chi connectivity index (χ0v) is 15.2. The molecule has 0 aromatic heterocycles. The monoisotopic (exact) mass is 333 g/mol. The third kappa shape index (κ3) is 3.99. The molecule has 0 bridgehead atoms. The van der Waals surface area contributed by atoms with E-state index in [1.54, 1.807) is 16.9 Å². The third-order valence-electron chi connectivity index (χ3n) is 4.12. The molecule has 3 amide bonds. The molecule has 1 saturated heterocycles. The zero-order chi connectivity index (χ0) is 17.9. The van der Waals surface area contributed by atoms with E-state index in [1.165, 1.54) is 0 Å². The molecular weight excluding hydrogens is 306 g/mol. The number of nitrogens with one attached hydrogen (secondary N) is 1. The summed E-state index contributed by atoms with van der Waals surface area (Å²) >= 11 is 0. The highest BCUT2D eigenvalue weighted by atomic mass is 16.5. The highest BCUT2D eigenvalue weighted by Gasteiger charge is 2.27. The second-order valence-corrected chi connectivity index (χ2v) is 6.55. The van der Waals surface area contributed by atoms with E-state index in [1.807, 2.05) is 39.8 Å². The van der Waals surface area contributed by atoms with Gasteiger partial charge in [0.2, 0.25) is 0 Å². The molecule has 6 heteroatoms. The normalized spacial score (nSPS) is 14.8. The van der Waals surface area contributed by atoms with Crippen molar-refractivity contribution < 1.29 is 14.3 Å². The molecule has 0 radical (unpaired) electrons. The van der Waals surface area contributed by atoms with Crippen molar-refractivity contribution in [3.05, 3.63) is 28.8 Å². The first kappa shape index (κ1) is 18.1. The summed E-state index contributed by atoms with van der Waals surface area (Å²) in [5, 5.41) is 2.88. The van der Waals surface area contributed by atoms with Crippen molar-refractivity contribution in [2.24, 2.45) is 0 Å². The predicted molar refractivity (Wildman–Crippen MR) is 93.6 cm³/mol. The second-order valence-electron chi connectivity index (χ2n) is 6.55. The molecule has 24 heavy (non-hydrogen) atoms. The fraction of sp³-hybridized carbons (Fsp3) is 0.556. The van der Waals surface area contributed by atoms with Gasteiger partial charge in [-0.05, 0) is 44.9 Å². The first-order chi connectivity index (χ1) is 11.3. The summed E-state index contributed by atoms with van der Waals surface area (Å²) in [6.45, 7) is 9.91. The quantitative estimate of drug-likeness (QED) is 0.922. The minimum absolute atomic E-state index is 0.0393. The van der Waals surface area contributed by atoms with Crippen LogP contribution in [0.1, 0.15) is 35.3 Å². The topological polar surface area (TPSA) is 61.9 Å². The smallest absolute Gasteiger partial charge is 0.317 e. The van der Waals surface area contributed by atoms with E-state index in [-0.39, 0.29) is 18.0 Å². The van der Waals surface area contributed by atoms with Gasteiger partial charge in [0.1, 0.15) is 5.75 Å². The Morgan fingerprint density at radius 1 is 1.08 bits per heavy atom. The van der Waals surface area contributed by atoms with Crippen molar-refractivity contribution in [1.82, 2.24) is 15.1 Å². The summed E-state index contributed by atoms with van der Waals surface area (Å²) in [6, 6.07) is 3.91. The van der Waals surface area contributed by atoms with Crippen LogP contribution in [-0.2, 0) is 0 Å². The number of piperazine rings is 1. The van der Waals surface area contributed by atoms with E-state index < -0.39 is 0 Å². The molecule has 1 aromatic carbocycles. The van der Waals surface area contributed by atoms with Crippen LogP contribution in [0.3, 0.4) is 0 Å². The molecule has 1 aromatic rings. The van der Waals surface area contributed by atoms with Crippen LogP contribution in [0.5, 0.6) is 5.75 Å². The largest absolute Gasteiger partial charge is 0.496 e. The molecule has 1 heterocycles. The van der Waals surface area contributed by atoms with E-state index in [2.05, 4.69) is 5.32 Å². The number of urea groups is 1. The summed E-state index contributed by atoms with van der Waals surface area (Å²) in [4.78, 5) is 28.4. The summed E-state index contributed by atoms with van der Waals surface area (Å²) < 4.78 is 5.42. The van der Waals surface area contributed by atoms with Crippen LogP contribution in [0.25, 0.3) is 0 Å². The Kier molecular flexibility index (Phi) is 5.70. The number of rotatable bonds is 3. The maximum Gasteiger partial charge on any atom is 0.317 e. The number of carbonyl (C=O) groups is 2. The van der Waals surface area contributed by atoms with E-state index >= 15 is 0 Å².